The van der Waals surface area contributed by atoms with Gasteiger partial charge in [0, 0.05) is 59.3 Å². The molecule has 0 saturated heterocycles. The van der Waals surface area contributed by atoms with Crippen LogP contribution in [0, 0.1) is 0 Å². The topological polar surface area (TPSA) is 95.6 Å². The van der Waals surface area contributed by atoms with Crippen molar-refractivity contribution in [2.75, 3.05) is 32.6 Å². The van der Waals surface area contributed by atoms with Gasteiger partial charge in [0.25, 0.3) is 0 Å². The van der Waals surface area contributed by atoms with E-state index in [-0.39, 0.29) is 15.9 Å². The van der Waals surface area contributed by atoms with E-state index in [2.05, 4.69) is 4.98 Å². The van der Waals surface area contributed by atoms with Gasteiger partial charge < -0.3 is 19.0 Å². The first-order valence-electron chi connectivity index (χ1n) is 13.7. The molecule has 43 heavy (non-hydrogen) atoms. The molecule has 6 aromatic rings. The zero-order valence-corrected chi connectivity index (χ0v) is 25.6. The molecule has 0 radical (unpaired) electrons. The highest BCUT2D eigenvalue weighted by atomic mass is 32.3. The maximum atomic E-state index is 12.9. The Morgan fingerprint density at radius 2 is 1.70 bits per heavy atom. The average Bonchev–Trinajstić information content (AvgIpc) is 3.69. The molecule has 3 aromatic carbocycles. The number of H-pyrrole nitrogens is 1. The lowest BCUT2D eigenvalue weighted by molar-refractivity contribution is -0.118. The number of benzene rings is 3. The van der Waals surface area contributed by atoms with Crippen molar-refractivity contribution >= 4 is 55.0 Å². The van der Waals surface area contributed by atoms with Gasteiger partial charge in [0.15, 0.2) is 4.21 Å². The van der Waals surface area contributed by atoms with Crippen LogP contribution in [0.15, 0.2) is 101 Å². The molecule has 0 spiro atoms. The summed E-state index contributed by atoms with van der Waals surface area (Å²) in [5.41, 5.74) is 6.09. The smallest absolute Gasteiger partial charge is 0.348 e. The lowest BCUT2D eigenvalue weighted by Crippen LogP contribution is -2.29. The fourth-order valence-electron chi connectivity index (χ4n) is 5.08. The minimum absolute atomic E-state index is 0.0485. The first-order chi connectivity index (χ1) is 20.7. The van der Waals surface area contributed by atoms with Crippen molar-refractivity contribution in [3.8, 4) is 28.0 Å². The quantitative estimate of drug-likeness (QED) is 0.181. The van der Waals surface area contributed by atoms with Crippen molar-refractivity contribution in [3.05, 3.63) is 96.5 Å². The number of aromatic amines is 1. The van der Waals surface area contributed by atoms with Gasteiger partial charge >= 0.3 is 10.1 Å². The van der Waals surface area contributed by atoms with E-state index in [4.69, 9.17) is 9.17 Å². The monoisotopic (exact) mass is 610 g/mol. The van der Waals surface area contributed by atoms with E-state index in [9.17, 15) is 13.2 Å². The third-order valence-corrected chi connectivity index (χ3v) is 9.92. The van der Waals surface area contributed by atoms with Gasteiger partial charge in [-0.3, -0.25) is 4.79 Å². The number of hydrogen-bond donors (Lipinski definition) is 1. The molecule has 0 atom stereocenters. The van der Waals surface area contributed by atoms with Gasteiger partial charge in [-0.1, -0.05) is 48.5 Å². The van der Waals surface area contributed by atoms with Crippen LogP contribution in [0.2, 0.25) is 0 Å². The first-order valence-corrected chi connectivity index (χ1v) is 16.0. The lowest BCUT2D eigenvalue weighted by Gasteiger charge is -2.19. The number of rotatable bonds is 9. The normalized spacial score (nSPS) is 11.8. The molecule has 0 bridgehead atoms. The van der Waals surface area contributed by atoms with Crippen molar-refractivity contribution in [2.45, 2.75) is 10.6 Å². The second-order valence-corrected chi connectivity index (χ2v) is 13.2. The molecule has 0 fully saturated rings. The summed E-state index contributed by atoms with van der Waals surface area (Å²) in [7, 11) is 1.74. The summed E-state index contributed by atoms with van der Waals surface area (Å²) in [4.78, 5) is 24.5. The first kappa shape index (κ1) is 28.6. The molecule has 0 aliphatic heterocycles. The van der Waals surface area contributed by atoms with Crippen molar-refractivity contribution in [1.82, 2.24) is 14.9 Å². The maximum absolute atomic E-state index is 12.9. The number of amides is 1. The summed E-state index contributed by atoms with van der Waals surface area (Å²) in [5, 5.41) is 3.36. The predicted molar refractivity (Wildman–Crippen MR) is 173 cm³/mol. The Morgan fingerprint density at radius 1 is 0.930 bits per heavy atom. The van der Waals surface area contributed by atoms with Crippen LogP contribution < -0.4 is 9.08 Å². The van der Waals surface area contributed by atoms with Crippen molar-refractivity contribution in [3.63, 3.8) is 0 Å². The van der Waals surface area contributed by atoms with Crippen molar-refractivity contribution in [1.29, 1.82) is 0 Å². The number of carbonyl (C=O) groups excluding carboxylic acids is 1. The predicted octanol–water partition coefficient (Wildman–Crippen LogP) is 6.79. The van der Waals surface area contributed by atoms with Gasteiger partial charge in [-0.25, -0.2) is 4.98 Å². The van der Waals surface area contributed by atoms with Crippen LogP contribution in [0.5, 0.6) is 5.75 Å². The Labute approximate surface area is 254 Å². The number of fused-ring (bicyclic) bond motifs is 3. The van der Waals surface area contributed by atoms with Gasteiger partial charge in [0.1, 0.15) is 11.4 Å². The second kappa shape index (κ2) is 11.6. The molecule has 0 aliphatic carbocycles. The summed E-state index contributed by atoms with van der Waals surface area (Å²) in [6, 6.07) is 26.3. The molecule has 1 N–H and O–H groups in total. The van der Waals surface area contributed by atoms with E-state index in [0.717, 1.165) is 55.6 Å². The van der Waals surface area contributed by atoms with Gasteiger partial charge in [0.05, 0.1) is 0 Å². The van der Waals surface area contributed by atoms with Gasteiger partial charge in [-0.05, 0) is 67.0 Å². The van der Waals surface area contributed by atoms with Crippen LogP contribution in [-0.2, 0) is 14.9 Å². The number of aromatic nitrogens is 2. The average molecular weight is 611 g/mol. The Bertz CT molecular complexity index is 2020. The van der Waals surface area contributed by atoms with Gasteiger partial charge in [-0.15, -0.1) is 11.3 Å². The Hall–Kier alpha value is -4.51. The van der Waals surface area contributed by atoms with Gasteiger partial charge in [0.2, 0.25) is 5.91 Å². The summed E-state index contributed by atoms with van der Waals surface area (Å²) < 4.78 is 31.4. The minimum Gasteiger partial charge on any atom is -0.378 e. The molecule has 1 amide bonds. The van der Waals surface area contributed by atoms with E-state index in [1.165, 1.54) is 6.07 Å². The SMILES string of the molecule is CN(C)CCC(=O)N(C)c1ccc(-c2cnc3[nH]c4ccc(OS(=O)(=O)c5cccs5)cc4c3c2-c2ccccc2)cc1. The van der Waals surface area contributed by atoms with Crippen molar-refractivity contribution in [2.24, 2.45) is 0 Å². The molecule has 6 rings (SSSR count). The molecule has 218 valence electrons. The Morgan fingerprint density at radius 3 is 2.40 bits per heavy atom. The third kappa shape index (κ3) is 5.77. The number of carbonyl (C=O) groups is 1. The standard InChI is InChI=1S/C33H30N4O4S2/c1-36(2)18-17-29(38)37(3)24-13-11-22(12-14-24)27-21-34-33-32(31(27)23-8-5-4-6-9-23)26-20-25(15-16-28(26)35-33)41-43(39,40)30-10-7-19-42-30/h4-16,19-21H,17-18H2,1-3H3,(H,34,35). The number of pyridine rings is 1. The van der Waals surface area contributed by atoms with E-state index in [1.54, 1.807) is 35.5 Å². The summed E-state index contributed by atoms with van der Waals surface area (Å²) in [5.74, 6) is 0.268. The van der Waals surface area contributed by atoms with E-state index < -0.39 is 10.1 Å². The number of nitrogens with zero attached hydrogens (tertiary/aromatic N) is 3. The van der Waals surface area contributed by atoms with E-state index in [0.29, 0.717) is 18.6 Å². The molecule has 3 aromatic heterocycles. The highest BCUT2D eigenvalue weighted by molar-refractivity contribution is 7.89. The zero-order chi connectivity index (χ0) is 30.1. The third-order valence-electron chi connectivity index (χ3n) is 7.31. The maximum Gasteiger partial charge on any atom is 0.348 e. The van der Waals surface area contributed by atoms with E-state index in [1.807, 2.05) is 85.9 Å². The Balaban J connectivity index is 1.45. The van der Waals surface area contributed by atoms with Crippen LogP contribution in [0.4, 0.5) is 5.69 Å². The fraction of sp³-hybridized carbons (Fsp3) is 0.152. The molecule has 0 saturated carbocycles. The van der Waals surface area contributed by atoms with Crippen LogP contribution in [0.1, 0.15) is 6.42 Å². The summed E-state index contributed by atoms with van der Waals surface area (Å²) >= 11 is 1.11. The molecule has 3 heterocycles. The fourth-order valence-corrected chi connectivity index (χ4v) is 6.95. The lowest BCUT2D eigenvalue weighted by atomic mass is 9.92. The highest BCUT2D eigenvalue weighted by Gasteiger charge is 2.21. The largest absolute Gasteiger partial charge is 0.378 e. The highest BCUT2D eigenvalue weighted by Crippen LogP contribution is 2.41. The number of anilines is 1. The van der Waals surface area contributed by atoms with E-state index >= 15 is 0 Å². The van der Waals surface area contributed by atoms with Crippen LogP contribution in [0.3, 0.4) is 0 Å². The molecular weight excluding hydrogens is 581 g/mol. The molecule has 0 aliphatic rings. The minimum atomic E-state index is -3.95. The van der Waals surface area contributed by atoms with Crippen LogP contribution in [0.25, 0.3) is 44.2 Å². The molecule has 8 nitrogen and oxygen atoms in total. The number of nitrogens with one attached hydrogen (secondary N) is 1. The molecule has 10 heteroatoms. The summed E-state index contributed by atoms with van der Waals surface area (Å²) in [6.07, 6.45) is 2.28. The zero-order valence-electron chi connectivity index (χ0n) is 23.9. The Kier molecular flexibility index (Phi) is 7.74. The second-order valence-electron chi connectivity index (χ2n) is 10.5. The van der Waals surface area contributed by atoms with Gasteiger partial charge in [-0.2, -0.15) is 8.42 Å². The van der Waals surface area contributed by atoms with Crippen LogP contribution >= 0.6 is 11.3 Å². The number of thiophene rings is 1. The molecule has 0 unspecified atom stereocenters. The summed E-state index contributed by atoms with van der Waals surface area (Å²) in [6.45, 7) is 0.685. The van der Waals surface area contributed by atoms with Crippen molar-refractivity contribution < 1.29 is 17.4 Å². The number of hydrogen-bond acceptors (Lipinski definition) is 7. The molecular formula is C33H30N4O4S2. The van der Waals surface area contributed by atoms with Crippen LogP contribution in [-0.4, -0.2) is 56.9 Å².